The van der Waals surface area contributed by atoms with E-state index in [1.54, 1.807) is 7.11 Å². The van der Waals surface area contributed by atoms with Crippen LogP contribution in [0.25, 0.3) is 0 Å². The molecule has 6 heteroatoms. The molecule has 1 aliphatic carbocycles. The third-order valence-electron chi connectivity index (χ3n) is 3.70. The molecule has 1 aromatic carbocycles. The van der Waals surface area contributed by atoms with Crippen molar-refractivity contribution in [3.05, 3.63) is 41.5 Å². The van der Waals surface area contributed by atoms with E-state index in [4.69, 9.17) is 4.74 Å². The number of rotatable bonds is 6. The van der Waals surface area contributed by atoms with E-state index in [0.29, 0.717) is 18.3 Å². The fourth-order valence-electron chi connectivity index (χ4n) is 2.30. The first kappa shape index (κ1) is 14.4. The molecule has 1 aliphatic rings. The molecule has 2 aromatic rings. The van der Waals surface area contributed by atoms with Crippen LogP contribution in [0, 0.1) is 0 Å². The van der Waals surface area contributed by atoms with Crippen molar-refractivity contribution in [2.24, 2.45) is 7.05 Å². The highest BCUT2D eigenvalue weighted by molar-refractivity contribution is 7.84. The molecule has 1 heterocycles. The minimum absolute atomic E-state index is 0.403. The first-order chi connectivity index (χ1) is 10.2. The van der Waals surface area contributed by atoms with Gasteiger partial charge < -0.3 is 9.30 Å². The van der Waals surface area contributed by atoms with E-state index in [2.05, 4.69) is 10.2 Å². The van der Waals surface area contributed by atoms with E-state index in [-0.39, 0.29) is 0 Å². The maximum atomic E-state index is 12.4. The lowest BCUT2D eigenvalue weighted by Gasteiger charge is -2.05. The maximum absolute atomic E-state index is 12.4. The minimum Gasteiger partial charge on any atom is -0.380 e. The van der Waals surface area contributed by atoms with Crippen molar-refractivity contribution in [3.8, 4) is 0 Å². The number of ether oxygens (including phenoxy) is 1. The van der Waals surface area contributed by atoms with Crippen molar-refractivity contribution in [2.75, 3.05) is 7.11 Å². The second kappa shape index (κ2) is 6.07. The van der Waals surface area contributed by atoms with E-state index >= 15 is 0 Å². The van der Waals surface area contributed by atoms with Crippen molar-refractivity contribution in [1.29, 1.82) is 0 Å². The van der Waals surface area contributed by atoms with Crippen molar-refractivity contribution in [2.45, 2.75) is 36.0 Å². The molecule has 0 spiro atoms. The van der Waals surface area contributed by atoms with E-state index in [9.17, 15) is 4.21 Å². The second-order valence-corrected chi connectivity index (χ2v) is 6.83. The van der Waals surface area contributed by atoms with Gasteiger partial charge in [0.05, 0.1) is 23.2 Å². The van der Waals surface area contributed by atoms with Gasteiger partial charge in [0.2, 0.25) is 0 Å². The van der Waals surface area contributed by atoms with Crippen molar-refractivity contribution in [3.63, 3.8) is 0 Å². The Balaban J connectivity index is 1.70. The summed E-state index contributed by atoms with van der Waals surface area (Å²) in [6.07, 6.45) is 2.38. The van der Waals surface area contributed by atoms with E-state index in [1.165, 1.54) is 12.8 Å². The largest absolute Gasteiger partial charge is 0.380 e. The first-order valence-electron chi connectivity index (χ1n) is 7.03. The lowest BCUT2D eigenvalue weighted by molar-refractivity contribution is 0.185. The lowest BCUT2D eigenvalue weighted by atomic mass is 10.2. The minimum atomic E-state index is -1.10. The molecule has 0 N–H and O–H groups in total. The van der Waals surface area contributed by atoms with Gasteiger partial charge >= 0.3 is 0 Å². The van der Waals surface area contributed by atoms with Gasteiger partial charge in [0.15, 0.2) is 0 Å². The lowest BCUT2D eigenvalue weighted by Crippen LogP contribution is -2.05. The Bertz CT molecular complexity index is 647. The smallest absolute Gasteiger partial charge is 0.145 e. The van der Waals surface area contributed by atoms with Gasteiger partial charge in [0.25, 0.3) is 0 Å². The molecule has 1 unspecified atom stereocenters. The summed E-state index contributed by atoms with van der Waals surface area (Å²) in [6, 6.07) is 7.68. The molecule has 0 aliphatic heterocycles. The Kier molecular flexibility index (Phi) is 4.17. The quantitative estimate of drug-likeness (QED) is 0.820. The Morgan fingerprint density at radius 1 is 1.29 bits per heavy atom. The molecule has 1 atom stereocenters. The van der Waals surface area contributed by atoms with Crippen molar-refractivity contribution in [1.82, 2.24) is 14.8 Å². The monoisotopic (exact) mass is 305 g/mol. The summed E-state index contributed by atoms with van der Waals surface area (Å²) in [7, 11) is 2.52. The molecule has 1 aromatic heterocycles. The number of nitrogens with zero attached hydrogens (tertiary/aromatic N) is 3. The van der Waals surface area contributed by atoms with Crippen molar-refractivity contribution < 1.29 is 8.95 Å². The molecule has 0 saturated heterocycles. The Morgan fingerprint density at radius 2 is 2.00 bits per heavy atom. The summed E-state index contributed by atoms with van der Waals surface area (Å²) in [5.74, 6) is 2.77. The van der Waals surface area contributed by atoms with Crippen LogP contribution in [-0.2, 0) is 34.9 Å². The molecule has 1 fully saturated rings. The molecule has 0 amide bonds. The number of hydrogen-bond donors (Lipinski definition) is 0. The Hall–Kier alpha value is -1.53. The maximum Gasteiger partial charge on any atom is 0.145 e. The Labute approximate surface area is 126 Å². The van der Waals surface area contributed by atoms with Gasteiger partial charge in [-0.2, -0.15) is 0 Å². The molecular formula is C15H19N3O2S. The molecule has 3 rings (SSSR count). The molecule has 5 nitrogen and oxygen atoms in total. The summed E-state index contributed by atoms with van der Waals surface area (Å²) >= 11 is 0. The normalized spacial score (nSPS) is 16.1. The summed E-state index contributed by atoms with van der Waals surface area (Å²) in [5, 5.41) is 8.41. The van der Waals surface area contributed by atoms with Crippen LogP contribution < -0.4 is 0 Å². The van der Waals surface area contributed by atoms with Gasteiger partial charge in [-0.25, -0.2) is 0 Å². The third kappa shape index (κ3) is 3.22. The second-order valence-electron chi connectivity index (χ2n) is 5.37. The van der Waals surface area contributed by atoms with Gasteiger partial charge in [-0.1, -0.05) is 12.1 Å². The van der Waals surface area contributed by atoms with Gasteiger partial charge in [-0.3, -0.25) is 4.21 Å². The van der Waals surface area contributed by atoms with Crippen LogP contribution in [0.5, 0.6) is 0 Å². The average Bonchev–Trinajstić information content (AvgIpc) is 3.26. The number of hydrogen-bond acceptors (Lipinski definition) is 4. The third-order valence-corrected chi connectivity index (χ3v) is 5.02. The number of benzene rings is 1. The van der Waals surface area contributed by atoms with Gasteiger partial charge in [-0.05, 0) is 30.5 Å². The van der Waals surface area contributed by atoms with Crippen LogP contribution in [0.1, 0.15) is 36.0 Å². The van der Waals surface area contributed by atoms with E-state index in [1.807, 2.05) is 35.9 Å². The fraction of sp³-hybridized carbons (Fsp3) is 0.467. The Morgan fingerprint density at radius 3 is 2.62 bits per heavy atom. The van der Waals surface area contributed by atoms with Crippen molar-refractivity contribution >= 4 is 10.8 Å². The highest BCUT2D eigenvalue weighted by atomic mass is 32.2. The molecule has 0 bridgehead atoms. The first-order valence-corrected chi connectivity index (χ1v) is 8.35. The molecular weight excluding hydrogens is 286 g/mol. The van der Waals surface area contributed by atoms with Gasteiger partial charge in [0.1, 0.15) is 11.6 Å². The van der Waals surface area contributed by atoms with E-state index < -0.39 is 10.8 Å². The predicted octanol–water partition coefficient (Wildman–Crippen LogP) is 2.15. The topological polar surface area (TPSA) is 57.0 Å². The van der Waals surface area contributed by atoms with Crippen LogP contribution in [-0.4, -0.2) is 26.1 Å². The van der Waals surface area contributed by atoms with Crippen LogP contribution in [0.2, 0.25) is 0 Å². The molecule has 1 saturated carbocycles. The van der Waals surface area contributed by atoms with Crippen LogP contribution in [0.4, 0.5) is 0 Å². The summed E-state index contributed by atoms with van der Waals surface area (Å²) < 4.78 is 19.5. The predicted molar refractivity (Wildman–Crippen MR) is 80.2 cm³/mol. The molecule has 112 valence electrons. The fourth-order valence-corrected chi connectivity index (χ4v) is 3.39. The van der Waals surface area contributed by atoms with Crippen LogP contribution in [0.15, 0.2) is 29.2 Å². The zero-order valence-corrected chi connectivity index (χ0v) is 13.1. The number of aromatic nitrogens is 3. The molecule has 21 heavy (non-hydrogen) atoms. The highest BCUT2D eigenvalue weighted by Crippen LogP contribution is 2.38. The summed E-state index contributed by atoms with van der Waals surface area (Å²) in [4.78, 5) is 0.811. The molecule has 0 radical (unpaired) electrons. The highest BCUT2D eigenvalue weighted by Gasteiger charge is 2.29. The zero-order valence-electron chi connectivity index (χ0n) is 12.3. The van der Waals surface area contributed by atoms with Gasteiger partial charge in [-0.15, -0.1) is 10.2 Å². The van der Waals surface area contributed by atoms with Gasteiger partial charge in [0, 0.05) is 25.0 Å². The average molecular weight is 305 g/mol. The SMILES string of the molecule is COCc1ccc(S(=O)Cc2nnc(C3CC3)n2C)cc1. The van der Waals surface area contributed by atoms with Crippen LogP contribution >= 0.6 is 0 Å². The van der Waals surface area contributed by atoms with Crippen LogP contribution in [0.3, 0.4) is 0 Å². The summed E-state index contributed by atoms with van der Waals surface area (Å²) in [6.45, 7) is 0.570. The zero-order chi connectivity index (χ0) is 14.8. The van der Waals surface area contributed by atoms with E-state index in [0.717, 1.165) is 22.1 Å². The number of methoxy groups -OCH3 is 1. The summed E-state index contributed by atoms with van der Waals surface area (Å²) in [5.41, 5.74) is 1.08. The standard InChI is InChI=1S/C15H19N3O2S/c1-18-14(16-17-15(18)12-5-6-12)10-21(19)13-7-3-11(4-8-13)9-20-2/h3-4,7-8,12H,5-6,9-10H2,1-2H3.